The molecule has 2 unspecified atom stereocenters. The lowest BCUT2D eigenvalue weighted by atomic mass is 9.86. The maximum Gasteiger partial charge on any atom is 0.416 e. The molecule has 2 aromatic rings. The van der Waals surface area contributed by atoms with Gasteiger partial charge in [0, 0.05) is 5.92 Å². The summed E-state index contributed by atoms with van der Waals surface area (Å²) in [5.41, 5.74) is -0.584. The Morgan fingerprint density at radius 2 is 2.00 bits per heavy atom. The summed E-state index contributed by atoms with van der Waals surface area (Å²) < 4.78 is 41.3. The smallest absolute Gasteiger partial charge is 0.391 e. The van der Waals surface area contributed by atoms with Crippen LogP contribution in [0.1, 0.15) is 29.3 Å². The van der Waals surface area contributed by atoms with Gasteiger partial charge in [0.2, 0.25) is 4.73 Å². The Hall–Kier alpha value is -1.41. The molecule has 0 bridgehead atoms. The van der Waals surface area contributed by atoms with Gasteiger partial charge in [0.15, 0.2) is 0 Å². The van der Waals surface area contributed by atoms with Crippen LogP contribution in [0.3, 0.4) is 0 Å². The molecule has 1 aromatic heterocycles. The van der Waals surface area contributed by atoms with Crippen molar-refractivity contribution >= 4 is 15.9 Å². The molecule has 2 heterocycles. The standard InChI is InChI=1S/C13H11BrF3N3O/c14-12-18-11-9(5-7(21)6-20(11)19-12)8-3-1-2-4-10(8)13(15,16)17/h1-4,7,9,21H,5-6H2. The van der Waals surface area contributed by atoms with E-state index >= 15 is 0 Å². The van der Waals surface area contributed by atoms with Crippen molar-refractivity contribution in [1.82, 2.24) is 14.8 Å². The summed E-state index contributed by atoms with van der Waals surface area (Å²) >= 11 is 3.12. The average Bonchev–Trinajstić information content (AvgIpc) is 2.77. The highest BCUT2D eigenvalue weighted by Crippen LogP contribution is 2.40. The lowest BCUT2D eigenvalue weighted by Gasteiger charge is -2.28. The van der Waals surface area contributed by atoms with E-state index in [1.807, 2.05) is 0 Å². The van der Waals surface area contributed by atoms with Crippen molar-refractivity contribution in [1.29, 1.82) is 0 Å². The number of alkyl halides is 3. The van der Waals surface area contributed by atoms with E-state index in [0.29, 0.717) is 10.6 Å². The van der Waals surface area contributed by atoms with Crippen LogP contribution in [-0.4, -0.2) is 26.0 Å². The van der Waals surface area contributed by atoms with E-state index < -0.39 is 23.8 Å². The van der Waals surface area contributed by atoms with E-state index in [1.165, 1.54) is 16.8 Å². The summed E-state index contributed by atoms with van der Waals surface area (Å²) in [4.78, 5) is 4.16. The molecule has 1 N–H and O–H groups in total. The third-order valence-corrected chi connectivity index (χ3v) is 3.86. The van der Waals surface area contributed by atoms with Crippen LogP contribution in [0.2, 0.25) is 0 Å². The third kappa shape index (κ3) is 2.69. The minimum Gasteiger partial charge on any atom is -0.391 e. The van der Waals surface area contributed by atoms with Crippen LogP contribution >= 0.6 is 15.9 Å². The van der Waals surface area contributed by atoms with Gasteiger partial charge in [0.1, 0.15) is 5.82 Å². The van der Waals surface area contributed by atoms with E-state index in [4.69, 9.17) is 0 Å². The van der Waals surface area contributed by atoms with Gasteiger partial charge >= 0.3 is 6.18 Å². The van der Waals surface area contributed by atoms with Crippen molar-refractivity contribution in [3.63, 3.8) is 0 Å². The number of aromatic nitrogens is 3. The molecular formula is C13H11BrF3N3O. The highest BCUT2D eigenvalue weighted by atomic mass is 79.9. The van der Waals surface area contributed by atoms with E-state index in [0.717, 1.165) is 6.07 Å². The number of nitrogens with zero attached hydrogens (tertiary/aromatic N) is 3. The molecule has 8 heteroatoms. The molecule has 21 heavy (non-hydrogen) atoms. The molecule has 0 radical (unpaired) electrons. The first-order valence-corrected chi connectivity index (χ1v) is 7.10. The van der Waals surface area contributed by atoms with Gasteiger partial charge in [-0.3, -0.25) is 0 Å². The minimum absolute atomic E-state index is 0.116. The topological polar surface area (TPSA) is 50.9 Å². The molecule has 1 aliphatic heterocycles. The Morgan fingerprint density at radius 3 is 2.71 bits per heavy atom. The zero-order valence-electron chi connectivity index (χ0n) is 10.7. The van der Waals surface area contributed by atoms with Gasteiger partial charge in [-0.05, 0) is 34.0 Å². The number of aliphatic hydroxyl groups is 1. The lowest BCUT2D eigenvalue weighted by molar-refractivity contribution is -0.138. The summed E-state index contributed by atoms with van der Waals surface area (Å²) in [5.74, 6) is -0.200. The van der Waals surface area contributed by atoms with Gasteiger partial charge in [-0.25, -0.2) is 9.67 Å². The van der Waals surface area contributed by atoms with E-state index in [1.54, 1.807) is 6.07 Å². The van der Waals surface area contributed by atoms with Gasteiger partial charge in [-0.2, -0.15) is 13.2 Å². The van der Waals surface area contributed by atoms with Crippen molar-refractivity contribution in [2.45, 2.75) is 31.2 Å². The molecule has 1 aromatic carbocycles. The predicted octanol–water partition coefficient (Wildman–Crippen LogP) is 2.96. The zero-order valence-corrected chi connectivity index (χ0v) is 12.3. The first kappa shape index (κ1) is 14.5. The maximum atomic E-state index is 13.2. The highest BCUT2D eigenvalue weighted by molar-refractivity contribution is 9.10. The lowest BCUT2D eigenvalue weighted by Crippen LogP contribution is -2.30. The third-order valence-electron chi connectivity index (χ3n) is 3.52. The fourth-order valence-corrected chi connectivity index (χ4v) is 3.07. The van der Waals surface area contributed by atoms with Gasteiger partial charge in [-0.1, -0.05) is 18.2 Å². The largest absolute Gasteiger partial charge is 0.416 e. The number of hydrogen-bond acceptors (Lipinski definition) is 3. The molecule has 4 nitrogen and oxygen atoms in total. The van der Waals surface area contributed by atoms with Crippen molar-refractivity contribution in [3.05, 3.63) is 46.0 Å². The van der Waals surface area contributed by atoms with Gasteiger partial charge < -0.3 is 5.11 Å². The van der Waals surface area contributed by atoms with Crippen molar-refractivity contribution < 1.29 is 18.3 Å². The second-order valence-electron chi connectivity index (χ2n) is 4.95. The number of aliphatic hydroxyl groups excluding tert-OH is 1. The number of halogens is 4. The molecule has 0 spiro atoms. The summed E-state index contributed by atoms with van der Waals surface area (Å²) in [6, 6.07) is 5.39. The second kappa shape index (κ2) is 5.10. The summed E-state index contributed by atoms with van der Waals surface area (Å²) in [5, 5.41) is 14.0. The Labute approximate surface area is 126 Å². The molecule has 0 saturated heterocycles. The van der Waals surface area contributed by atoms with E-state index in [2.05, 4.69) is 26.0 Å². The van der Waals surface area contributed by atoms with Gasteiger partial charge in [0.05, 0.1) is 18.2 Å². The maximum absolute atomic E-state index is 13.2. The number of fused-ring (bicyclic) bond motifs is 1. The molecule has 2 atom stereocenters. The summed E-state index contributed by atoms with van der Waals surface area (Å²) in [6.07, 6.45) is -5.00. The molecule has 0 amide bonds. The minimum atomic E-state index is -4.44. The second-order valence-corrected chi connectivity index (χ2v) is 5.66. The fourth-order valence-electron chi connectivity index (χ4n) is 2.69. The Bertz CT molecular complexity index is 671. The first-order chi connectivity index (χ1) is 9.86. The molecule has 0 fully saturated rings. The normalized spacial score (nSPS) is 22.1. The molecule has 1 aliphatic rings. The Kier molecular flexibility index (Phi) is 3.53. The van der Waals surface area contributed by atoms with E-state index in [9.17, 15) is 18.3 Å². The van der Waals surface area contributed by atoms with E-state index in [-0.39, 0.29) is 18.5 Å². The number of benzene rings is 1. The molecule has 112 valence electrons. The van der Waals surface area contributed by atoms with Gasteiger partial charge in [0.25, 0.3) is 0 Å². The highest BCUT2D eigenvalue weighted by Gasteiger charge is 2.38. The summed E-state index contributed by atoms with van der Waals surface area (Å²) in [6.45, 7) is 0.235. The molecule has 0 saturated carbocycles. The zero-order chi connectivity index (χ0) is 15.2. The Morgan fingerprint density at radius 1 is 1.29 bits per heavy atom. The van der Waals surface area contributed by atoms with Crippen LogP contribution in [-0.2, 0) is 12.7 Å². The van der Waals surface area contributed by atoms with Crippen molar-refractivity contribution in [2.75, 3.05) is 0 Å². The van der Waals surface area contributed by atoms with Crippen LogP contribution in [0.4, 0.5) is 13.2 Å². The SMILES string of the molecule is OC1CC(c2ccccc2C(F)(F)F)c2nc(Br)nn2C1. The van der Waals surface area contributed by atoms with Gasteiger partial charge in [-0.15, -0.1) is 5.10 Å². The van der Waals surface area contributed by atoms with Crippen molar-refractivity contribution in [3.8, 4) is 0 Å². The van der Waals surface area contributed by atoms with Crippen LogP contribution < -0.4 is 0 Å². The average molecular weight is 362 g/mol. The van der Waals surface area contributed by atoms with Crippen LogP contribution in [0, 0.1) is 0 Å². The number of rotatable bonds is 1. The predicted molar refractivity (Wildman–Crippen MR) is 71.6 cm³/mol. The monoisotopic (exact) mass is 361 g/mol. The number of hydrogen-bond donors (Lipinski definition) is 1. The molecular weight excluding hydrogens is 351 g/mol. The molecule has 3 rings (SSSR count). The first-order valence-electron chi connectivity index (χ1n) is 6.30. The van der Waals surface area contributed by atoms with Crippen LogP contribution in [0.15, 0.2) is 29.0 Å². The quantitative estimate of drug-likeness (QED) is 0.849. The van der Waals surface area contributed by atoms with Crippen LogP contribution in [0.5, 0.6) is 0 Å². The fraction of sp³-hybridized carbons (Fsp3) is 0.385. The Balaban J connectivity index is 2.13. The van der Waals surface area contributed by atoms with Crippen molar-refractivity contribution in [2.24, 2.45) is 0 Å². The summed E-state index contributed by atoms with van der Waals surface area (Å²) in [7, 11) is 0. The molecule has 0 aliphatic carbocycles. The van der Waals surface area contributed by atoms with Crippen LogP contribution in [0.25, 0.3) is 0 Å².